The summed E-state index contributed by atoms with van der Waals surface area (Å²) in [7, 11) is 0. The van der Waals surface area contributed by atoms with Gasteiger partial charge in [-0.1, -0.05) is 17.7 Å². The summed E-state index contributed by atoms with van der Waals surface area (Å²) < 4.78 is 0. The largest absolute Gasteiger partial charge is 0.394 e. The second-order valence-electron chi connectivity index (χ2n) is 4.34. The molecule has 16 heavy (non-hydrogen) atoms. The number of nitrogens with zero attached hydrogens (tertiary/aromatic N) is 1. The topological polar surface area (TPSA) is 40.5 Å². The van der Waals surface area contributed by atoms with Gasteiger partial charge in [-0.25, -0.2) is 0 Å². The summed E-state index contributed by atoms with van der Waals surface area (Å²) >= 11 is 0. The molecule has 0 saturated carbocycles. The van der Waals surface area contributed by atoms with Crippen LogP contribution in [0, 0.1) is 6.92 Å². The van der Waals surface area contributed by atoms with Gasteiger partial charge < -0.3 is 10.0 Å². The van der Waals surface area contributed by atoms with Gasteiger partial charge in [-0.2, -0.15) is 0 Å². The number of amides is 1. The van der Waals surface area contributed by atoms with Crippen molar-refractivity contribution in [3.05, 3.63) is 35.4 Å². The molecule has 1 amide bonds. The lowest BCUT2D eigenvalue weighted by atomic mass is 10.1. The second kappa shape index (κ2) is 4.66. The van der Waals surface area contributed by atoms with E-state index in [-0.39, 0.29) is 18.6 Å². The molecular weight excluding hydrogens is 202 g/mol. The molecule has 1 aliphatic rings. The monoisotopic (exact) mass is 219 g/mol. The first-order chi connectivity index (χ1) is 7.72. The zero-order chi connectivity index (χ0) is 11.5. The normalized spacial score (nSPS) is 20.1. The Balaban J connectivity index is 2.15. The lowest BCUT2D eigenvalue weighted by molar-refractivity contribution is 0.0677. The number of hydrogen-bond acceptors (Lipinski definition) is 2. The third kappa shape index (κ3) is 2.09. The van der Waals surface area contributed by atoms with Gasteiger partial charge in [0, 0.05) is 12.1 Å². The molecule has 1 fully saturated rings. The minimum absolute atomic E-state index is 0.00815. The molecule has 3 nitrogen and oxygen atoms in total. The number of carbonyl (C=O) groups is 1. The zero-order valence-corrected chi connectivity index (χ0v) is 9.52. The Kier molecular flexibility index (Phi) is 3.25. The smallest absolute Gasteiger partial charge is 0.254 e. The van der Waals surface area contributed by atoms with Gasteiger partial charge in [-0.3, -0.25) is 4.79 Å². The number of benzene rings is 1. The Bertz CT molecular complexity index is 372. The lowest BCUT2D eigenvalue weighted by Crippen LogP contribution is -2.37. The number of aryl methyl sites for hydroxylation is 1. The minimum atomic E-state index is 0.00815. The molecule has 0 aliphatic carbocycles. The standard InChI is InChI=1S/C13H17NO2/c1-10-4-6-11(7-5-10)13(16)14-8-2-3-12(14)9-15/h4-7,12,15H,2-3,8-9H2,1H3. The molecule has 0 spiro atoms. The summed E-state index contributed by atoms with van der Waals surface area (Å²) in [4.78, 5) is 13.9. The molecule has 1 aliphatic heterocycles. The fourth-order valence-corrected chi connectivity index (χ4v) is 2.15. The fourth-order valence-electron chi connectivity index (χ4n) is 2.15. The van der Waals surface area contributed by atoms with Gasteiger partial charge >= 0.3 is 0 Å². The Hall–Kier alpha value is -1.35. The predicted octanol–water partition coefficient (Wildman–Crippen LogP) is 1.59. The van der Waals surface area contributed by atoms with E-state index in [1.165, 1.54) is 0 Å². The van der Waals surface area contributed by atoms with E-state index < -0.39 is 0 Å². The molecule has 1 heterocycles. The molecule has 1 aromatic rings. The van der Waals surface area contributed by atoms with E-state index in [4.69, 9.17) is 0 Å². The maximum absolute atomic E-state index is 12.1. The molecule has 0 radical (unpaired) electrons. The number of aliphatic hydroxyl groups is 1. The third-order valence-electron chi connectivity index (χ3n) is 3.15. The summed E-state index contributed by atoms with van der Waals surface area (Å²) in [6, 6.07) is 7.59. The SMILES string of the molecule is Cc1ccc(C(=O)N2CCCC2CO)cc1. The van der Waals surface area contributed by atoms with Crippen molar-refractivity contribution >= 4 is 5.91 Å². The van der Waals surface area contributed by atoms with E-state index in [0.29, 0.717) is 5.56 Å². The van der Waals surface area contributed by atoms with Crippen LogP contribution >= 0.6 is 0 Å². The quantitative estimate of drug-likeness (QED) is 0.820. The Morgan fingerprint density at radius 1 is 1.44 bits per heavy atom. The highest BCUT2D eigenvalue weighted by Crippen LogP contribution is 2.19. The van der Waals surface area contributed by atoms with Crippen molar-refractivity contribution < 1.29 is 9.90 Å². The van der Waals surface area contributed by atoms with Crippen LogP contribution in [0.2, 0.25) is 0 Å². The number of hydrogen-bond donors (Lipinski definition) is 1. The molecule has 1 atom stereocenters. The second-order valence-corrected chi connectivity index (χ2v) is 4.34. The number of rotatable bonds is 2. The van der Waals surface area contributed by atoms with E-state index in [2.05, 4.69) is 0 Å². The van der Waals surface area contributed by atoms with Crippen LogP contribution in [-0.4, -0.2) is 35.1 Å². The Morgan fingerprint density at radius 3 is 2.75 bits per heavy atom. The average molecular weight is 219 g/mol. The van der Waals surface area contributed by atoms with Gasteiger partial charge in [0.05, 0.1) is 12.6 Å². The first-order valence-electron chi connectivity index (χ1n) is 5.71. The Labute approximate surface area is 95.7 Å². The van der Waals surface area contributed by atoms with Gasteiger partial charge in [-0.05, 0) is 31.9 Å². The number of carbonyl (C=O) groups excluding carboxylic acids is 1. The summed E-state index contributed by atoms with van der Waals surface area (Å²) in [6.45, 7) is 2.83. The highest BCUT2D eigenvalue weighted by Gasteiger charge is 2.28. The molecule has 86 valence electrons. The maximum atomic E-state index is 12.1. The number of likely N-dealkylation sites (tertiary alicyclic amines) is 1. The molecule has 0 bridgehead atoms. The summed E-state index contributed by atoms with van der Waals surface area (Å²) in [6.07, 6.45) is 1.90. The molecular formula is C13H17NO2. The molecule has 1 N–H and O–H groups in total. The fraction of sp³-hybridized carbons (Fsp3) is 0.462. The summed E-state index contributed by atoms with van der Waals surface area (Å²) in [5.74, 6) is 0.0385. The summed E-state index contributed by atoms with van der Waals surface area (Å²) in [5.41, 5.74) is 1.86. The Morgan fingerprint density at radius 2 is 2.12 bits per heavy atom. The van der Waals surface area contributed by atoms with Crippen molar-refractivity contribution in [1.82, 2.24) is 4.90 Å². The van der Waals surface area contributed by atoms with Crippen molar-refractivity contribution in [2.45, 2.75) is 25.8 Å². The minimum Gasteiger partial charge on any atom is -0.394 e. The molecule has 2 rings (SSSR count). The molecule has 1 saturated heterocycles. The van der Waals surface area contributed by atoms with Gasteiger partial charge in [-0.15, -0.1) is 0 Å². The molecule has 0 aromatic heterocycles. The van der Waals surface area contributed by atoms with E-state index in [0.717, 1.165) is 24.9 Å². The molecule has 3 heteroatoms. The van der Waals surface area contributed by atoms with Crippen molar-refractivity contribution in [1.29, 1.82) is 0 Å². The third-order valence-corrected chi connectivity index (χ3v) is 3.15. The van der Waals surface area contributed by atoms with Gasteiger partial charge in [0.2, 0.25) is 0 Å². The van der Waals surface area contributed by atoms with Crippen molar-refractivity contribution in [2.24, 2.45) is 0 Å². The summed E-state index contributed by atoms with van der Waals surface area (Å²) in [5, 5.41) is 9.18. The van der Waals surface area contributed by atoms with Crippen LogP contribution in [0.3, 0.4) is 0 Å². The first-order valence-corrected chi connectivity index (χ1v) is 5.71. The average Bonchev–Trinajstić information content (AvgIpc) is 2.77. The van der Waals surface area contributed by atoms with Crippen molar-refractivity contribution in [3.63, 3.8) is 0 Å². The van der Waals surface area contributed by atoms with Crippen LogP contribution < -0.4 is 0 Å². The first kappa shape index (κ1) is 11.1. The zero-order valence-electron chi connectivity index (χ0n) is 9.52. The van der Waals surface area contributed by atoms with E-state index in [1.54, 1.807) is 4.90 Å². The van der Waals surface area contributed by atoms with Crippen LogP contribution in [0.15, 0.2) is 24.3 Å². The van der Waals surface area contributed by atoms with Crippen molar-refractivity contribution in [3.8, 4) is 0 Å². The predicted molar refractivity (Wildman–Crippen MR) is 62.3 cm³/mol. The van der Waals surface area contributed by atoms with Gasteiger partial charge in [0.15, 0.2) is 0 Å². The van der Waals surface area contributed by atoms with Gasteiger partial charge in [0.25, 0.3) is 5.91 Å². The number of aliphatic hydroxyl groups excluding tert-OH is 1. The van der Waals surface area contributed by atoms with Crippen LogP contribution in [0.4, 0.5) is 0 Å². The highest BCUT2D eigenvalue weighted by atomic mass is 16.3. The van der Waals surface area contributed by atoms with Gasteiger partial charge in [0.1, 0.15) is 0 Å². The lowest BCUT2D eigenvalue weighted by Gasteiger charge is -2.23. The van der Waals surface area contributed by atoms with Crippen LogP contribution in [-0.2, 0) is 0 Å². The van der Waals surface area contributed by atoms with Crippen LogP contribution in [0.5, 0.6) is 0 Å². The molecule has 1 aromatic carbocycles. The van der Waals surface area contributed by atoms with Crippen LogP contribution in [0.25, 0.3) is 0 Å². The van der Waals surface area contributed by atoms with E-state index in [1.807, 2.05) is 31.2 Å². The van der Waals surface area contributed by atoms with E-state index >= 15 is 0 Å². The molecule has 1 unspecified atom stereocenters. The van der Waals surface area contributed by atoms with Crippen LogP contribution in [0.1, 0.15) is 28.8 Å². The highest BCUT2D eigenvalue weighted by molar-refractivity contribution is 5.94. The maximum Gasteiger partial charge on any atom is 0.254 e. The van der Waals surface area contributed by atoms with Crippen molar-refractivity contribution in [2.75, 3.05) is 13.2 Å². The van der Waals surface area contributed by atoms with E-state index in [9.17, 15) is 9.90 Å².